The number of carbonyl (C=O) groups is 1. The lowest BCUT2D eigenvalue weighted by Gasteiger charge is -2.21. The van der Waals surface area contributed by atoms with Crippen molar-refractivity contribution in [1.29, 1.82) is 0 Å². The highest BCUT2D eigenvalue weighted by molar-refractivity contribution is 6.30. The van der Waals surface area contributed by atoms with Crippen LogP contribution in [0.15, 0.2) is 41.3 Å². The summed E-state index contributed by atoms with van der Waals surface area (Å²) in [6.45, 7) is 5.02. The molecule has 6 nitrogen and oxygen atoms in total. The van der Waals surface area contributed by atoms with Crippen LogP contribution in [0.3, 0.4) is 0 Å². The topological polar surface area (TPSA) is 70.5 Å². The largest absolute Gasteiger partial charge is 0.319 e. The number of anilines is 1. The number of hydrogen-bond acceptors (Lipinski definition) is 3. The Kier molecular flexibility index (Phi) is 5.87. The van der Waals surface area contributed by atoms with E-state index in [9.17, 15) is 9.59 Å². The Morgan fingerprint density at radius 1 is 1.14 bits per heavy atom. The Morgan fingerprint density at radius 2 is 1.92 bits per heavy atom. The second-order valence-corrected chi connectivity index (χ2v) is 10.7. The van der Waals surface area contributed by atoms with Crippen molar-refractivity contribution in [2.24, 2.45) is 0 Å². The number of carbonyl (C=O) groups excluding carboxylic acids is 1. The molecule has 0 saturated heterocycles. The number of H-pyrrole nitrogens is 1. The maximum Gasteiger partial charge on any atom is 0.274 e. The van der Waals surface area contributed by atoms with Crippen molar-refractivity contribution in [3.8, 4) is 0 Å². The van der Waals surface area contributed by atoms with Gasteiger partial charge in [0.1, 0.15) is 11.3 Å². The first-order valence-corrected chi connectivity index (χ1v) is 13.6. The highest BCUT2D eigenvalue weighted by Crippen LogP contribution is 2.44. The van der Waals surface area contributed by atoms with Gasteiger partial charge in [0.25, 0.3) is 11.5 Å². The van der Waals surface area contributed by atoms with Crippen LogP contribution in [0.5, 0.6) is 0 Å². The summed E-state index contributed by atoms with van der Waals surface area (Å²) in [7, 11) is 0. The molecule has 0 radical (unpaired) electrons. The number of nitrogens with zero attached hydrogens (tertiary/aromatic N) is 3. The Bertz CT molecular complexity index is 1540. The van der Waals surface area contributed by atoms with Gasteiger partial charge in [-0.3, -0.25) is 14.0 Å². The summed E-state index contributed by atoms with van der Waals surface area (Å²) in [5.41, 5.74) is 5.79. The molecule has 7 heteroatoms. The molecule has 36 heavy (non-hydrogen) atoms. The zero-order chi connectivity index (χ0) is 25.0. The van der Waals surface area contributed by atoms with Gasteiger partial charge in [-0.25, -0.2) is 4.98 Å². The maximum atomic E-state index is 13.9. The van der Waals surface area contributed by atoms with Crippen molar-refractivity contribution in [3.05, 3.63) is 74.4 Å². The minimum absolute atomic E-state index is 0.0125. The van der Waals surface area contributed by atoms with Crippen LogP contribution in [-0.2, 0) is 6.42 Å². The fraction of sp³-hybridized carbons (Fsp3) is 0.414. The van der Waals surface area contributed by atoms with Gasteiger partial charge >= 0.3 is 0 Å². The van der Waals surface area contributed by atoms with Gasteiger partial charge < -0.3 is 9.88 Å². The Hall–Kier alpha value is -3.12. The third kappa shape index (κ3) is 3.83. The van der Waals surface area contributed by atoms with Gasteiger partial charge in [-0.05, 0) is 79.5 Å². The average molecular weight is 503 g/mol. The molecule has 1 aliphatic carbocycles. The zero-order valence-corrected chi connectivity index (χ0v) is 21.6. The molecule has 186 valence electrons. The van der Waals surface area contributed by atoms with Crippen LogP contribution < -0.4 is 10.5 Å². The van der Waals surface area contributed by atoms with E-state index >= 15 is 0 Å². The highest BCUT2D eigenvalue weighted by atomic mass is 35.5. The standard InChI is InChI=1S/C29H31ClN4O2/c1-3-5-18(6-4-2)27-31-16-26-28(35)32-23-14-22(21(17-7-8-17)15-25(23)34(26)27)29(36)33-12-11-19-13-20(30)9-10-24(19)33/h9-10,13-18H,3-8,11-12H2,1-2H3,(H,32,35). The first-order chi connectivity index (χ1) is 17.5. The summed E-state index contributed by atoms with van der Waals surface area (Å²) in [5, 5.41) is 0.689. The molecule has 4 aromatic rings. The maximum absolute atomic E-state index is 13.9. The Morgan fingerprint density at radius 3 is 2.64 bits per heavy atom. The van der Waals surface area contributed by atoms with Gasteiger partial charge in [0.15, 0.2) is 0 Å². The lowest BCUT2D eigenvalue weighted by molar-refractivity contribution is 0.0988. The lowest BCUT2D eigenvalue weighted by atomic mass is 9.97. The predicted molar refractivity (Wildman–Crippen MR) is 145 cm³/mol. The summed E-state index contributed by atoms with van der Waals surface area (Å²) in [4.78, 5) is 36.6. The number of rotatable bonds is 7. The minimum Gasteiger partial charge on any atom is -0.319 e. The van der Waals surface area contributed by atoms with Crippen LogP contribution in [0, 0.1) is 0 Å². The monoisotopic (exact) mass is 502 g/mol. The summed E-state index contributed by atoms with van der Waals surface area (Å²) >= 11 is 6.19. The normalized spacial score (nSPS) is 15.4. The fourth-order valence-corrected chi connectivity index (χ4v) is 6.08. The van der Waals surface area contributed by atoms with Crippen molar-refractivity contribution >= 4 is 39.7 Å². The predicted octanol–water partition coefficient (Wildman–Crippen LogP) is 6.59. The highest BCUT2D eigenvalue weighted by Gasteiger charge is 2.33. The zero-order valence-electron chi connectivity index (χ0n) is 20.8. The van der Waals surface area contributed by atoms with Crippen molar-refractivity contribution in [2.45, 2.75) is 70.6 Å². The molecule has 1 fully saturated rings. The van der Waals surface area contributed by atoms with Gasteiger partial charge in [-0.1, -0.05) is 38.3 Å². The first kappa shape index (κ1) is 23.3. The number of halogens is 1. The summed E-state index contributed by atoms with van der Waals surface area (Å²) < 4.78 is 2.05. The Labute approximate surface area is 215 Å². The molecule has 3 heterocycles. The van der Waals surface area contributed by atoms with E-state index in [1.54, 1.807) is 6.20 Å². The van der Waals surface area contributed by atoms with Gasteiger partial charge in [0.2, 0.25) is 0 Å². The second-order valence-electron chi connectivity index (χ2n) is 10.3. The molecule has 0 spiro atoms. The molecular formula is C29H31ClN4O2. The number of aromatic amines is 1. The summed E-state index contributed by atoms with van der Waals surface area (Å²) in [6, 6.07) is 9.77. The number of nitrogens with one attached hydrogen (secondary N) is 1. The lowest BCUT2D eigenvalue weighted by Crippen LogP contribution is -2.30. The first-order valence-electron chi connectivity index (χ1n) is 13.2. The number of amides is 1. The molecule has 2 aliphatic rings. The van der Waals surface area contributed by atoms with Crippen LogP contribution in [0.25, 0.3) is 16.6 Å². The van der Waals surface area contributed by atoms with Gasteiger partial charge in [0.05, 0.1) is 17.2 Å². The molecule has 1 N–H and O–H groups in total. The fourth-order valence-electron chi connectivity index (χ4n) is 5.89. The van der Waals surface area contributed by atoms with E-state index in [0.717, 1.165) is 73.1 Å². The molecule has 0 bridgehead atoms. The van der Waals surface area contributed by atoms with Crippen LogP contribution in [0.4, 0.5) is 5.69 Å². The average Bonchev–Trinajstić information content (AvgIpc) is 3.47. The number of hydrogen-bond donors (Lipinski definition) is 1. The molecule has 6 rings (SSSR count). The van der Waals surface area contributed by atoms with Crippen LogP contribution in [0.2, 0.25) is 5.02 Å². The molecule has 2 aromatic heterocycles. The third-order valence-corrected chi connectivity index (χ3v) is 7.98. The van der Waals surface area contributed by atoms with Crippen LogP contribution in [0.1, 0.15) is 91.5 Å². The van der Waals surface area contributed by atoms with Gasteiger partial charge in [-0.15, -0.1) is 0 Å². The second kappa shape index (κ2) is 9.07. The van der Waals surface area contributed by atoms with E-state index in [1.165, 1.54) is 0 Å². The van der Waals surface area contributed by atoms with E-state index in [4.69, 9.17) is 16.6 Å². The smallest absolute Gasteiger partial charge is 0.274 e. The molecule has 0 atom stereocenters. The SMILES string of the molecule is CCCC(CCC)c1ncc2c(=O)[nH]c3cc(C(=O)N4CCc5cc(Cl)ccc54)c(C4CC4)cc3n12. The molecule has 1 aliphatic heterocycles. The van der Waals surface area contributed by atoms with Crippen molar-refractivity contribution in [1.82, 2.24) is 14.4 Å². The number of imidazole rings is 1. The number of benzene rings is 2. The van der Waals surface area contributed by atoms with E-state index in [-0.39, 0.29) is 11.5 Å². The Balaban J connectivity index is 1.52. The van der Waals surface area contributed by atoms with E-state index < -0.39 is 0 Å². The van der Waals surface area contributed by atoms with E-state index in [0.29, 0.717) is 40.0 Å². The molecule has 1 saturated carbocycles. The number of fused-ring (bicyclic) bond motifs is 4. The molecular weight excluding hydrogens is 472 g/mol. The molecule has 0 unspecified atom stereocenters. The third-order valence-electron chi connectivity index (χ3n) is 7.75. The van der Waals surface area contributed by atoms with E-state index in [1.807, 2.05) is 29.2 Å². The van der Waals surface area contributed by atoms with Crippen LogP contribution in [-0.4, -0.2) is 26.8 Å². The van der Waals surface area contributed by atoms with Gasteiger partial charge in [-0.2, -0.15) is 0 Å². The summed E-state index contributed by atoms with van der Waals surface area (Å²) in [6.07, 6.45) is 8.85. The minimum atomic E-state index is -0.174. The van der Waals surface area contributed by atoms with Gasteiger partial charge in [0, 0.05) is 28.7 Å². The van der Waals surface area contributed by atoms with Crippen molar-refractivity contribution in [2.75, 3.05) is 11.4 Å². The van der Waals surface area contributed by atoms with Crippen LogP contribution >= 0.6 is 11.6 Å². The molecule has 1 amide bonds. The van der Waals surface area contributed by atoms with Crippen molar-refractivity contribution in [3.63, 3.8) is 0 Å². The number of aromatic nitrogens is 3. The van der Waals surface area contributed by atoms with E-state index in [2.05, 4.69) is 29.3 Å². The summed E-state index contributed by atoms with van der Waals surface area (Å²) in [5.74, 6) is 1.61. The quantitative estimate of drug-likeness (QED) is 0.310. The molecule has 2 aromatic carbocycles. The van der Waals surface area contributed by atoms with Crippen molar-refractivity contribution < 1.29 is 4.79 Å².